The highest BCUT2D eigenvalue weighted by Crippen LogP contribution is 2.58. The second-order valence-electron chi connectivity index (χ2n) is 12.1. The van der Waals surface area contributed by atoms with Crippen molar-refractivity contribution >= 4 is 78.0 Å². The number of amides is 2. The van der Waals surface area contributed by atoms with Gasteiger partial charge in [-0.15, -0.1) is 0 Å². The quantitative estimate of drug-likeness (QED) is 0.129. The van der Waals surface area contributed by atoms with Gasteiger partial charge in [0.25, 0.3) is 0 Å². The smallest absolute Gasteiger partial charge is 0.301 e. The van der Waals surface area contributed by atoms with Crippen molar-refractivity contribution in [2.45, 2.75) is 25.7 Å². The summed E-state index contributed by atoms with van der Waals surface area (Å²) >= 11 is 6.88. The molecule has 2 amide bonds. The van der Waals surface area contributed by atoms with Gasteiger partial charge in [0.05, 0.1) is 39.0 Å². The number of phenols is 1. The second kappa shape index (κ2) is 11.8. The molecule has 6 rings (SSSR count). The number of phenolic OH excluding ortho intramolecular Hbond substituents is 1. The van der Waals surface area contributed by atoms with Crippen LogP contribution >= 0.6 is 31.9 Å². The molecular weight excluding hydrogens is 760 g/mol. The lowest BCUT2D eigenvalue weighted by Crippen LogP contribution is -2.40. The lowest BCUT2D eigenvalue weighted by molar-refractivity contribution is -0.392. The zero-order valence-electron chi connectivity index (χ0n) is 25.8. The Morgan fingerprint density at radius 1 is 0.979 bits per heavy atom. The van der Waals surface area contributed by atoms with Crippen LogP contribution < -0.4 is 14.5 Å². The van der Waals surface area contributed by atoms with E-state index in [9.17, 15) is 44.5 Å². The van der Waals surface area contributed by atoms with Gasteiger partial charge in [0.2, 0.25) is 11.8 Å². The molecule has 2 aromatic rings. The van der Waals surface area contributed by atoms with Gasteiger partial charge in [0.15, 0.2) is 28.8 Å². The van der Waals surface area contributed by atoms with Crippen LogP contribution in [0.2, 0.25) is 0 Å². The maximum atomic E-state index is 14.3. The van der Waals surface area contributed by atoms with Crippen molar-refractivity contribution < 1.29 is 38.9 Å². The van der Waals surface area contributed by atoms with Gasteiger partial charge in [-0.25, -0.2) is 4.90 Å². The molecular formula is C32H26Br2N4O10. The van der Waals surface area contributed by atoms with Crippen molar-refractivity contribution in [3.63, 3.8) is 0 Å². The number of aromatic hydroxyl groups is 1. The van der Waals surface area contributed by atoms with E-state index in [4.69, 9.17) is 4.74 Å². The van der Waals surface area contributed by atoms with Crippen LogP contribution in [0.3, 0.4) is 0 Å². The molecule has 2 aromatic carbocycles. The summed E-state index contributed by atoms with van der Waals surface area (Å²) in [5.41, 5.74) is -0.201. The zero-order chi connectivity index (χ0) is 35.1. The van der Waals surface area contributed by atoms with Crippen LogP contribution in [0.5, 0.6) is 11.5 Å². The first kappa shape index (κ1) is 33.2. The highest BCUT2D eigenvalue weighted by Gasteiger charge is 2.57. The molecule has 4 atom stereocenters. The van der Waals surface area contributed by atoms with Crippen LogP contribution in [-0.4, -0.2) is 59.5 Å². The van der Waals surface area contributed by atoms with Gasteiger partial charge in [-0.2, -0.15) is 0 Å². The number of ether oxygens (including phenoxy) is 1. The number of anilines is 2. The number of imide groups is 1. The molecule has 14 nitrogen and oxygen atoms in total. The van der Waals surface area contributed by atoms with E-state index in [-0.39, 0.29) is 62.7 Å². The average molecular weight is 786 g/mol. The van der Waals surface area contributed by atoms with Gasteiger partial charge in [-0.05, 0) is 75.2 Å². The minimum absolute atomic E-state index is 0.0338. The van der Waals surface area contributed by atoms with E-state index < -0.39 is 62.5 Å². The number of fused-ring (bicyclic) bond motifs is 3. The predicted octanol–water partition coefficient (Wildman–Crippen LogP) is 5.44. The third-order valence-electron chi connectivity index (χ3n) is 9.42. The number of carbonyl (C=O) groups excluding carboxylic acids is 4. The van der Waals surface area contributed by atoms with Crippen LogP contribution in [0.15, 0.2) is 61.6 Å². The number of ketones is 2. The Morgan fingerprint density at radius 2 is 1.60 bits per heavy atom. The predicted molar refractivity (Wildman–Crippen MR) is 178 cm³/mol. The Morgan fingerprint density at radius 3 is 2.17 bits per heavy atom. The van der Waals surface area contributed by atoms with Crippen molar-refractivity contribution in [2.24, 2.45) is 17.8 Å². The van der Waals surface area contributed by atoms with Crippen LogP contribution in [0.1, 0.15) is 31.2 Å². The number of halogens is 2. The van der Waals surface area contributed by atoms with Crippen molar-refractivity contribution in [3.8, 4) is 11.5 Å². The minimum atomic E-state index is -1.04. The number of nitro benzene ring substituents is 2. The standard InChI is InChI=1S/C32H26Br2N4O10/c1-12-7-21(39)17-10-16-14(23(25(17)29(12)40)18-11-22(48-4)30(41)27(34)26(18)33)5-6-15-24(16)32(43)36(31(15)42)13-8-19(37(44)45)28(35(2)3)20(9-13)38(46)47/h5,7-9,11,15-16,23-24,41H,6,10H2,1-4H3. The lowest BCUT2D eigenvalue weighted by atomic mass is 9.59. The molecule has 0 radical (unpaired) electrons. The zero-order valence-corrected chi connectivity index (χ0v) is 28.9. The summed E-state index contributed by atoms with van der Waals surface area (Å²) in [6.07, 6.45) is 3.05. The molecule has 0 spiro atoms. The van der Waals surface area contributed by atoms with Crippen molar-refractivity contribution in [2.75, 3.05) is 31.0 Å². The van der Waals surface area contributed by atoms with E-state index >= 15 is 0 Å². The molecule has 3 aliphatic carbocycles. The summed E-state index contributed by atoms with van der Waals surface area (Å²) in [6, 6.07) is 3.49. The van der Waals surface area contributed by atoms with Crippen molar-refractivity contribution in [1.82, 2.24) is 0 Å². The Hall–Kier alpha value is -4.70. The Kier molecular flexibility index (Phi) is 8.14. The lowest BCUT2D eigenvalue weighted by Gasteiger charge is -2.42. The Bertz CT molecular complexity index is 1980. The summed E-state index contributed by atoms with van der Waals surface area (Å²) < 4.78 is 6.00. The molecule has 1 N–H and O–H groups in total. The highest BCUT2D eigenvalue weighted by molar-refractivity contribution is 9.13. The van der Waals surface area contributed by atoms with Crippen molar-refractivity contribution in [3.05, 3.63) is 87.4 Å². The number of methoxy groups -OCH3 is 1. The SMILES string of the molecule is COc1cc(C2C3=CCC4C(=O)N(c5cc([N+](=O)[O-])c(N(C)C)c([N+](=O)[O-])c5)C(=O)C4C3CC3=C2C(=O)C(C)=CC3=O)c(Br)c(Br)c1O. The van der Waals surface area contributed by atoms with Crippen molar-refractivity contribution in [1.29, 1.82) is 0 Å². The summed E-state index contributed by atoms with van der Waals surface area (Å²) in [5.74, 6) is -5.91. The molecule has 0 saturated carbocycles. The monoisotopic (exact) mass is 784 g/mol. The molecule has 16 heteroatoms. The van der Waals surface area contributed by atoms with Crippen LogP contribution in [-0.2, 0) is 19.2 Å². The van der Waals surface area contributed by atoms with Gasteiger partial charge in [0, 0.05) is 53.3 Å². The largest absolute Gasteiger partial charge is 0.503 e. The summed E-state index contributed by atoms with van der Waals surface area (Å²) in [4.78, 5) is 79.9. The fraction of sp³-hybridized carbons (Fsp3) is 0.312. The fourth-order valence-corrected chi connectivity index (χ4v) is 8.36. The molecule has 4 aliphatic rings. The third-order valence-corrected chi connectivity index (χ3v) is 11.6. The molecule has 1 saturated heterocycles. The molecule has 0 aromatic heterocycles. The number of allylic oxidation sites excluding steroid dienone is 6. The van der Waals surface area contributed by atoms with Crippen LogP contribution in [0, 0.1) is 38.0 Å². The minimum Gasteiger partial charge on any atom is -0.503 e. The first-order valence-corrected chi connectivity index (χ1v) is 16.2. The van der Waals surface area contributed by atoms with E-state index in [0.717, 1.165) is 17.0 Å². The number of benzene rings is 2. The Labute approximate surface area is 289 Å². The number of hydrogen-bond acceptors (Lipinski definition) is 11. The number of rotatable bonds is 6. The van der Waals surface area contributed by atoms with E-state index in [1.165, 1.54) is 39.1 Å². The topological polar surface area (TPSA) is 190 Å². The van der Waals surface area contributed by atoms with Gasteiger partial charge >= 0.3 is 11.4 Å². The highest BCUT2D eigenvalue weighted by atomic mass is 79.9. The molecule has 48 heavy (non-hydrogen) atoms. The summed E-state index contributed by atoms with van der Waals surface area (Å²) in [7, 11) is 4.16. The normalized spacial score (nSPS) is 23.3. The van der Waals surface area contributed by atoms with E-state index in [0.29, 0.717) is 15.6 Å². The fourth-order valence-electron chi connectivity index (χ4n) is 7.40. The molecule has 248 valence electrons. The first-order chi connectivity index (χ1) is 22.6. The molecule has 1 fully saturated rings. The van der Waals surface area contributed by atoms with E-state index in [2.05, 4.69) is 31.9 Å². The second-order valence-corrected chi connectivity index (χ2v) is 13.7. The maximum absolute atomic E-state index is 14.3. The summed E-state index contributed by atoms with van der Waals surface area (Å²) in [6.45, 7) is 1.54. The van der Waals surface area contributed by atoms with E-state index in [1.807, 2.05) is 0 Å². The van der Waals surface area contributed by atoms with Crippen LogP contribution in [0.25, 0.3) is 0 Å². The number of nitro groups is 2. The third kappa shape index (κ3) is 4.79. The van der Waals surface area contributed by atoms with Gasteiger partial charge in [-0.3, -0.25) is 39.4 Å². The van der Waals surface area contributed by atoms with Crippen LogP contribution in [0.4, 0.5) is 22.7 Å². The van der Waals surface area contributed by atoms with E-state index in [1.54, 1.807) is 12.1 Å². The molecule has 1 heterocycles. The van der Waals surface area contributed by atoms with Gasteiger partial charge in [0.1, 0.15) is 0 Å². The molecule has 4 unspecified atom stereocenters. The van der Waals surface area contributed by atoms with Gasteiger partial charge in [-0.1, -0.05) is 11.6 Å². The maximum Gasteiger partial charge on any atom is 0.301 e. The number of hydrogen-bond donors (Lipinski definition) is 1. The van der Waals surface area contributed by atoms with Gasteiger partial charge < -0.3 is 14.7 Å². The summed E-state index contributed by atoms with van der Waals surface area (Å²) in [5, 5.41) is 34.7. The average Bonchev–Trinajstić information content (AvgIpc) is 3.30. The molecule has 0 bridgehead atoms. The molecule has 1 aliphatic heterocycles. The number of nitrogens with zero attached hydrogens (tertiary/aromatic N) is 4. The first-order valence-electron chi connectivity index (χ1n) is 14.6. The number of Topliss-reactive ketones (excluding diaryl/α,β-unsaturated/α-hetero) is 1. The Balaban J connectivity index is 1.52. The number of carbonyl (C=O) groups is 4.